The van der Waals surface area contributed by atoms with Crippen molar-refractivity contribution in [3.63, 3.8) is 0 Å². The molecule has 0 aliphatic rings. The molecule has 4 heteroatoms. The third-order valence-corrected chi connectivity index (χ3v) is 4.50. The van der Waals surface area contributed by atoms with Crippen LogP contribution < -0.4 is 4.74 Å². The minimum absolute atomic E-state index is 0.200. The van der Waals surface area contributed by atoms with Crippen molar-refractivity contribution < 1.29 is 19.1 Å². The number of carbonyl (C=O) groups excluding carboxylic acids is 2. The molecule has 29 heavy (non-hydrogen) atoms. The second kappa shape index (κ2) is 8.40. The Morgan fingerprint density at radius 2 is 1.24 bits per heavy atom. The van der Waals surface area contributed by atoms with E-state index in [0.29, 0.717) is 16.9 Å². The SMILES string of the molecule is O=C(OCc1ccccc1)c1ccc(C(=O)Oc2ccc3ccccc3c2)cc1. The second-order valence-corrected chi connectivity index (χ2v) is 6.54. The van der Waals surface area contributed by atoms with Crippen LogP contribution in [0.2, 0.25) is 0 Å². The van der Waals surface area contributed by atoms with Gasteiger partial charge >= 0.3 is 11.9 Å². The van der Waals surface area contributed by atoms with Gasteiger partial charge in [-0.25, -0.2) is 9.59 Å². The summed E-state index contributed by atoms with van der Waals surface area (Å²) in [4.78, 5) is 24.6. The van der Waals surface area contributed by atoms with E-state index in [9.17, 15) is 9.59 Å². The average molecular weight is 382 g/mol. The fourth-order valence-corrected chi connectivity index (χ4v) is 2.95. The quantitative estimate of drug-likeness (QED) is 0.342. The van der Waals surface area contributed by atoms with Crippen LogP contribution in [-0.2, 0) is 11.3 Å². The number of hydrogen-bond acceptors (Lipinski definition) is 4. The lowest BCUT2D eigenvalue weighted by Crippen LogP contribution is -2.10. The molecule has 4 aromatic carbocycles. The maximum Gasteiger partial charge on any atom is 0.343 e. The lowest BCUT2D eigenvalue weighted by atomic mass is 10.1. The van der Waals surface area contributed by atoms with E-state index >= 15 is 0 Å². The summed E-state index contributed by atoms with van der Waals surface area (Å²) >= 11 is 0. The summed E-state index contributed by atoms with van der Waals surface area (Å²) in [7, 11) is 0. The maximum atomic E-state index is 12.4. The highest BCUT2D eigenvalue weighted by Gasteiger charge is 2.12. The van der Waals surface area contributed by atoms with Crippen LogP contribution in [0.15, 0.2) is 97.1 Å². The van der Waals surface area contributed by atoms with Crippen LogP contribution >= 0.6 is 0 Å². The first-order chi connectivity index (χ1) is 14.2. The number of hydrogen-bond donors (Lipinski definition) is 0. The van der Waals surface area contributed by atoms with Crippen LogP contribution in [0.25, 0.3) is 10.8 Å². The molecule has 0 N–H and O–H groups in total. The lowest BCUT2D eigenvalue weighted by molar-refractivity contribution is 0.0472. The Balaban J connectivity index is 1.39. The first kappa shape index (κ1) is 18.4. The summed E-state index contributed by atoms with van der Waals surface area (Å²) in [5.41, 5.74) is 1.65. The summed E-state index contributed by atoms with van der Waals surface area (Å²) in [5.74, 6) is -0.451. The zero-order chi connectivity index (χ0) is 20.1. The van der Waals surface area contributed by atoms with Crippen LogP contribution in [0, 0.1) is 0 Å². The predicted octanol–water partition coefficient (Wildman–Crippen LogP) is 5.42. The van der Waals surface area contributed by atoms with E-state index in [1.165, 1.54) is 0 Å². The van der Waals surface area contributed by atoms with Gasteiger partial charge in [0.05, 0.1) is 11.1 Å². The average Bonchev–Trinajstić information content (AvgIpc) is 2.78. The molecular formula is C25H18O4. The van der Waals surface area contributed by atoms with Gasteiger partial charge in [0.15, 0.2) is 0 Å². The van der Waals surface area contributed by atoms with Crippen molar-refractivity contribution in [2.45, 2.75) is 6.61 Å². The normalized spacial score (nSPS) is 10.5. The Morgan fingerprint density at radius 1 is 0.621 bits per heavy atom. The van der Waals surface area contributed by atoms with E-state index in [1.807, 2.05) is 66.7 Å². The molecule has 0 bridgehead atoms. The highest BCUT2D eigenvalue weighted by Crippen LogP contribution is 2.21. The zero-order valence-electron chi connectivity index (χ0n) is 15.6. The largest absolute Gasteiger partial charge is 0.457 e. The predicted molar refractivity (Wildman–Crippen MR) is 111 cm³/mol. The Labute approximate surface area is 168 Å². The molecular weight excluding hydrogens is 364 g/mol. The fraction of sp³-hybridized carbons (Fsp3) is 0.0400. The van der Waals surface area contributed by atoms with E-state index in [4.69, 9.17) is 9.47 Å². The van der Waals surface area contributed by atoms with Crippen molar-refractivity contribution >= 4 is 22.7 Å². The van der Waals surface area contributed by atoms with E-state index in [-0.39, 0.29) is 6.61 Å². The third kappa shape index (κ3) is 4.50. The van der Waals surface area contributed by atoms with Crippen molar-refractivity contribution in [3.8, 4) is 5.75 Å². The molecule has 0 saturated carbocycles. The summed E-state index contributed by atoms with van der Waals surface area (Å²) in [6, 6.07) is 29.0. The van der Waals surface area contributed by atoms with Gasteiger partial charge in [-0.05, 0) is 52.7 Å². The lowest BCUT2D eigenvalue weighted by Gasteiger charge is -2.07. The molecule has 0 radical (unpaired) electrons. The minimum atomic E-state index is -0.482. The van der Waals surface area contributed by atoms with Gasteiger partial charge in [0, 0.05) is 0 Å². The summed E-state index contributed by atoms with van der Waals surface area (Å²) in [6.45, 7) is 0.200. The molecule has 0 atom stereocenters. The molecule has 0 aliphatic carbocycles. The highest BCUT2D eigenvalue weighted by atomic mass is 16.5. The summed E-state index contributed by atoms with van der Waals surface area (Å²) in [6.07, 6.45) is 0. The van der Waals surface area contributed by atoms with Gasteiger partial charge in [0.2, 0.25) is 0 Å². The van der Waals surface area contributed by atoms with E-state index in [1.54, 1.807) is 30.3 Å². The molecule has 0 aromatic heterocycles. The Hall–Kier alpha value is -3.92. The van der Waals surface area contributed by atoms with Gasteiger partial charge in [-0.15, -0.1) is 0 Å². The van der Waals surface area contributed by atoms with Gasteiger partial charge in [-0.1, -0.05) is 60.7 Å². The maximum absolute atomic E-state index is 12.4. The Kier molecular flexibility index (Phi) is 5.34. The highest BCUT2D eigenvalue weighted by molar-refractivity contribution is 5.94. The van der Waals surface area contributed by atoms with Crippen molar-refractivity contribution in [1.29, 1.82) is 0 Å². The van der Waals surface area contributed by atoms with Gasteiger partial charge in [0.1, 0.15) is 12.4 Å². The number of fused-ring (bicyclic) bond motifs is 1. The van der Waals surface area contributed by atoms with Crippen molar-refractivity contribution in [2.75, 3.05) is 0 Å². The number of carbonyl (C=O) groups is 2. The molecule has 0 saturated heterocycles. The van der Waals surface area contributed by atoms with Crippen molar-refractivity contribution in [1.82, 2.24) is 0 Å². The minimum Gasteiger partial charge on any atom is -0.457 e. The summed E-state index contributed by atoms with van der Waals surface area (Å²) < 4.78 is 10.8. The first-order valence-corrected chi connectivity index (χ1v) is 9.21. The van der Waals surface area contributed by atoms with Crippen LogP contribution in [0.4, 0.5) is 0 Å². The topological polar surface area (TPSA) is 52.6 Å². The smallest absolute Gasteiger partial charge is 0.343 e. The third-order valence-electron chi connectivity index (χ3n) is 4.50. The molecule has 0 fully saturated rings. The molecule has 0 unspecified atom stereocenters. The molecule has 4 rings (SSSR count). The summed E-state index contributed by atoms with van der Waals surface area (Å²) in [5, 5.41) is 2.07. The van der Waals surface area contributed by atoms with Crippen LogP contribution in [-0.4, -0.2) is 11.9 Å². The van der Waals surface area contributed by atoms with Crippen LogP contribution in [0.5, 0.6) is 5.75 Å². The van der Waals surface area contributed by atoms with Gasteiger partial charge in [-0.3, -0.25) is 0 Å². The number of esters is 2. The van der Waals surface area contributed by atoms with Crippen LogP contribution in [0.1, 0.15) is 26.3 Å². The second-order valence-electron chi connectivity index (χ2n) is 6.54. The van der Waals surface area contributed by atoms with Crippen molar-refractivity contribution in [3.05, 3.63) is 114 Å². The van der Waals surface area contributed by atoms with Gasteiger partial charge in [-0.2, -0.15) is 0 Å². The molecule has 0 heterocycles. The molecule has 0 aliphatic heterocycles. The van der Waals surface area contributed by atoms with E-state index < -0.39 is 11.9 Å². The first-order valence-electron chi connectivity index (χ1n) is 9.21. The molecule has 0 amide bonds. The van der Waals surface area contributed by atoms with Gasteiger partial charge < -0.3 is 9.47 Å². The molecule has 4 nitrogen and oxygen atoms in total. The number of ether oxygens (including phenoxy) is 2. The number of rotatable bonds is 5. The van der Waals surface area contributed by atoms with Crippen LogP contribution in [0.3, 0.4) is 0 Å². The zero-order valence-corrected chi connectivity index (χ0v) is 15.6. The van der Waals surface area contributed by atoms with Crippen molar-refractivity contribution in [2.24, 2.45) is 0 Å². The molecule has 142 valence electrons. The van der Waals surface area contributed by atoms with E-state index in [2.05, 4.69) is 0 Å². The van der Waals surface area contributed by atoms with Gasteiger partial charge in [0.25, 0.3) is 0 Å². The molecule has 0 spiro atoms. The standard InChI is InChI=1S/C25H18O4/c26-24(28-17-18-6-2-1-3-7-18)20-10-12-21(13-11-20)25(27)29-23-15-14-19-8-4-5-9-22(19)16-23/h1-16H,17H2. The molecule has 4 aromatic rings. The Morgan fingerprint density at radius 3 is 1.97 bits per heavy atom. The van der Waals surface area contributed by atoms with E-state index in [0.717, 1.165) is 16.3 Å². The monoisotopic (exact) mass is 382 g/mol. The number of benzene rings is 4. The fourth-order valence-electron chi connectivity index (χ4n) is 2.95. The Bertz CT molecular complexity index is 1150.